The Bertz CT molecular complexity index is 545. The number of nitrogens with zero attached hydrogens (tertiary/aromatic N) is 1. The first-order valence-electron chi connectivity index (χ1n) is 7.32. The highest BCUT2D eigenvalue weighted by atomic mass is 15.1. The first-order chi connectivity index (χ1) is 9.72. The van der Waals surface area contributed by atoms with E-state index in [1.807, 2.05) is 0 Å². The fourth-order valence-corrected chi connectivity index (χ4v) is 2.26. The number of hydrogen-bond acceptors (Lipinski definition) is 1. The highest BCUT2D eigenvalue weighted by Gasteiger charge is 1.99. The molecule has 0 aliphatic heterocycles. The van der Waals surface area contributed by atoms with E-state index in [9.17, 15) is 0 Å². The van der Waals surface area contributed by atoms with Crippen LogP contribution in [0.2, 0.25) is 0 Å². The summed E-state index contributed by atoms with van der Waals surface area (Å²) in [5, 5.41) is 0. The van der Waals surface area contributed by atoms with Gasteiger partial charge in [0.1, 0.15) is 0 Å². The summed E-state index contributed by atoms with van der Waals surface area (Å²) in [4.78, 5) is 2.35. The van der Waals surface area contributed by atoms with E-state index < -0.39 is 0 Å². The van der Waals surface area contributed by atoms with E-state index in [0.717, 1.165) is 13.1 Å². The van der Waals surface area contributed by atoms with Gasteiger partial charge in [0.15, 0.2) is 0 Å². The minimum absolute atomic E-state index is 1.05. The standard InChI is InChI=1S/C19H23N/c1-4-20(5-2)19-14-12-18(13-15-19)11-10-17-8-6-16(3)7-9-17/h6-15H,4-5H2,1-3H3/b11-10+. The van der Waals surface area contributed by atoms with Crippen molar-refractivity contribution >= 4 is 17.8 Å². The lowest BCUT2D eigenvalue weighted by atomic mass is 10.1. The molecule has 0 N–H and O–H groups in total. The van der Waals surface area contributed by atoms with Crippen molar-refractivity contribution in [3.05, 3.63) is 65.2 Å². The van der Waals surface area contributed by atoms with Crippen molar-refractivity contribution < 1.29 is 0 Å². The summed E-state index contributed by atoms with van der Waals surface area (Å²) >= 11 is 0. The molecule has 0 unspecified atom stereocenters. The lowest BCUT2D eigenvalue weighted by Gasteiger charge is -2.20. The first-order valence-corrected chi connectivity index (χ1v) is 7.32. The van der Waals surface area contributed by atoms with Gasteiger partial charge in [-0.1, -0.05) is 54.1 Å². The number of aryl methyl sites for hydroxylation is 1. The van der Waals surface area contributed by atoms with Crippen molar-refractivity contribution in [3.63, 3.8) is 0 Å². The van der Waals surface area contributed by atoms with Gasteiger partial charge in [0.2, 0.25) is 0 Å². The average Bonchev–Trinajstić information content (AvgIpc) is 2.49. The van der Waals surface area contributed by atoms with Gasteiger partial charge in [0.25, 0.3) is 0 Å². The molecule has 0 aliphatic rings. The molecule has 0 aromatic heterocycles. The molecular formula is C19H23N. The zero-order valence-electron chi connectivity index (χ0n) is 12.6. The molecule has 2 rings (SSSR count). The van der Waals surface area contributed by atoms with Crippen LogP contribution < -0.4 is 4.90 Å². The van der Waals surface area contributed by atoms with Crippen LogP contribution in [0.5, 0.6) is 0 Å². The third kappa shape index (κ3) is 3.74. The summed E-state index contributed by atoms with van der Waals surface area (Å²) in [7, 11) is 0. The van der Waals surface area contributed by atoms with Crippen LogP contribution in [0.3, 0.4) is 0 Å². The second-order valence-corrected chi connectivity index (χ2v) is 5.01. The minimum Gasteiger partial charge on any atom is -0.372 e. The lowest BCUT2D eigenvalue weighted by Crippen LogP contribution is -2.21. The second kappa shape index (κ2) is 6.95. The molecule has 20 heavy (non-hydrogen) atoms. The Hall–Kier alpha value is -2.02. The van der Waals surface area contributed by atoms with E-state index in [1.54, 1.807) is 0 Å². The maximum absolute atomic E-state index is 2.35. The van der Waals surface area contributed by atoms with Gasteiger partial charge in [-0.2, -0.15) is 0 Å². The molecule has 0 aliphatic carbocycles. The number of benzene rings is 2. The van der Waals surface area contributed by atoms with Gasteiger partial charge >= 0.3 is 0 Å². The molecule has 0 saturated carbocycles. The van der Waals surface area contributed by atoms with Crippen LogP contribution in [0.25, 0.3) is 12.2 Å². The molecule has 0 radical (unpaired) electrons. The molecule has 0 heterocycles. The Morgan fingerprint density at radius 2 is 1.20 bits per heavy atom. The van der Waals surface area contributed by atoms with E-state index in [0.29, 0.717) is 0 Å². The molecular weight excluding hydrogens is 242 g/mol. The van der Waals surface area contributed by atoms with Crippen LogP contribution in [0, 0.1) is 6.92 Å². The minimum atomic E-state index is 1.05. The Kier molecular flexibility index (Phi) is 5.00. The molecule has 1 heteroatoms. The number of hydrogen-bond donors (Lipinski definition) is 0. The third-order valence-corrected chi connectivity index (χ3v) is 3.57. The molecule has 0 atom stereocenters. The van der Waals surface area contributed by atoms with Gasteiger partial charge in [-0.15, -0.1) is 0 Å². The predicted molar refractivity (Wildman–Crippen MR) is 90.1 cm³/mol. The van der Waals surface area contributed by atoms with Gasteiger partial charge in [0.05, 0.1) is 0 Å². The normalized spacial score (nSPS) is 10.9. The van der Waals surface area contributed by atoms with Crippen LogP contribution in [-0.2, 0) is 0 Å². The molecule has 0 amide bonds. The zero-order chi connectivity index (χ0) is 14.4. The fourth-order valence-electron chi connectivity index (χ4n) is 2.26. The Morgan fingerprint density at radius 1 is 0.750 bits per heavy atom. The van der Waals surface area contributed by atoms with Crippen molar-refractivity contribution in [1.82, 2.24) is 0 Å². The fraction of sp³-hybridized carbons (Fsp3) is 0.263. The van der Waals surface area contributed by atoms with Crippen LogP contribution >= 0.6 is 0 Å². The van der Waals surface area contributed by atoms with Crippen LogP contribution in [0.1, 0.15) is 30.5 Å². The van der Waals surface area contributed by atoms with Crippen molar-refractivity contribution in [2.75, 3.05) is 18.0 Å². The average molecular weight is 265 g/mol. The zero-order valence-corrected chi connectivity index (χ0v) is 12.6. The Balaban J connectivity index is 2.08. The quantitative estimate of drug-likeness (QED) is 0.687. The first kappa shape index (κ1) is 14.4. The summed E-state index contributed by atoms with van der Waals surface area (Å²) in [5.41, 5.74) is 5.07. The summed E-state index contributed by atoms with van der Waals surface area (Å²) in [6.45, 7) is 8.59. The van der Waals surface area contributed by atoms with Gasteiger partial charge in [-0.25, -0.2) is 0 Å². The molecule has 0 bridgehead atoms. The summed E-state index contributed by atoms with van der Waals surface area (Å²) in [6, 6.07) is 17.3. The SMILES string of the molecule is CCN(CC)c1ccc(/C=C/c2ccc(C)cc2)cc1. The van der Waals surface area contributed by atoms with E-state index in [1.165, 1.54) is 22.4 Å². The molecule has 0 fully saturated rings. The van der Waals surface area contributed by atoms with Crippen LogP contribution in [0.4, 0.5) is 5.69 Å². The van der Waals surface area contributed by atoms with Crippen molar-refractivity contribution in [3.8, 4) is 0 Å². The second-order valence-electron chi connectivity index (χ2n) is 5.01. The highest BCUT2D eigenvalue weighted by molar-refractivity contribution is 5.70. The summed E-state index contributed by atoms with van der Waals surface area (Å²) in [5.74, 6) is 0. The lowest BCUT2D eigenvalue weighted by molar-refractivity contribution is 0.866. The predicted octanol–water partition coefficient (Wildman–Crippen LogP) is 5.01. The van der Waals surface area contributed by atoms with Gasteiger partial charge in [-0.05, 0) is 44.0 Å². The van der Waals surface area contributed by atoms with E-state index in [-0.39, 0.29) is 0 Å². The smallest absolute Gasteiger partial charge is 0.0366 e. The topological polar surface area (TPSA) is 3.24 Å². The Morgan fingerprint density at radius 3 is 1.65 bits per heavy atom. The van der Waals surface area contributed by atoms with Crippen LogP contribution in [0.15, 0.2) is 48.5 Å². The Labute approximate surface area is 122 Å². The highest BCUT2D eigenvalue weighted by Crippen LogP contribution is 2.16. The maximum atomic E-state index is 2.35. The monoisotopic (exact) mass is 265 g/mol. The molecule has 2 aromatic rings. The van der Waals surface area contributed by atoms with Crippen LogP contribution in [-0.4, -0.2) is 13.1 Å². The van der Waals surface area contributed by atoms with Crippen molar-refractivity contribution in [2.45, 2.75) is 20.8 Å². The molecule has 0 saturated heterocycles. The largest absolute Gasteiger partial charge is 0.372 e. The summed E-state index contributed by atoms with van der Waals surface area (Å²) in [6.07, 6.45) is 4.32. The van der Waals surface area contributed by atoms with Crippen molar-refractivity contribution in [2.24, 2.45) is 0 Å². The van der Waals surface area contributed by atoms with Crippen molar-refractivity contribution in [1.29, 1.82) is 0 Å². The molecule has 2 aromatic carbocycles. The van der Waals surface area contributed by atoms with E-state index in [4.69, 9.17) is 0 Å². The maximum Gasteiger partial charge on any atom is 0.0366 e. The summed E-state index contributed by atoms with van der Waals surface area (Å²) < 4.78 is 0. The number of rotatable bonds is 5. The van der Waals surface area contributed by atoms with Gasteiger partial charge < -0.3 is 4.90 Å². The van der Waals surface area contributed by atoms with E-state index >= 15 is 0 Å². The molecule has 0 spiro atoms. The van der Waals surface area contributed by atoms with Gasteiger partial charge in [-0.3, -0.25) is 0 Å². The van der Waals surface area contributed by atoms with Gasteiger partial charge in [0, 0.05) is 18.8 Å². The molecule has 104 valence electrons. The molecule has 1 nitrogen and oxygen atoms in total. The third-order valence-electron chi connectivity index (χ3n) is 3.57. The van der Waals surface area contributed by atoms with E-state index in [2.05, 4.69) is 86.4 Å². The number of anilines is 1.